The van der Waals surface area contributed by atoms with E-state index in [4.69, 9.17) is 5.73 Å². The lowest BCUT2D eigenvalue weighted by molar-refractivity contribution is -0.196. The molecule has 0 bridgehead atoms. The van der Waals surface area contributed by atoms with E-state index in [1.54, 1.807) is 32.0 Å². The van der Waals surface area contributed by atoms with E-state index in [2.05, 4.69) is 20.5 Å². The third kappa shape index (κ3) is 3.38. The van der Waals surface area contributed by atoms with Gasteiger partial charge in [-0.1, -0.05) is 19.1 Å². The molecule has 3 N–H and O–H groups in total. The highest BCUT2D eigenvalue weighted by atomic mass is 19.4. The molecule has 0 saturated carbocycles. The Morgan fingerprint density at radius 2 is 2.03 bits per heavy atom. The zero-order valence-electron chi connectivity index (χ0n) is 17.4. The van der Waals surface area contributed by atoms with Crippen LogP contribution in [-0.4, -0.2) is 21.7 Å². The van der Waals surface area contributed by atoms with Gasteiger partial charge in [0.15, 0.2) is 5.82 Å². The van der Waals surface area contributed by atoms with Gasteiger partial charge in [0.05, 0.1) is 11.6 Å². The van der Waals surface area contributed by atoms with Crippen molar-refractivity contribution >= 4 is 22.3 Å². The molecule has 2 aromatic carbocycles. The average Bonchev–Trinajstić information content (AvgIpc) is 2.74. The van der Waals surface area contributed by atoms with Gasteiger partial charge in [0, 0.05) is 17.3 Å². The molecule has 0 spiro atoms. The van der Waals surface area contributed by atoms with Crippen molar-refractivity contribution in [2.75, 3.05) is 5.32 Å². The summed E-state index contributed by atoms with van der Waals surface area (Å²) in [7, 11) is 0. The SMILES string of the molecule is CC[C@@H]1C[C@](N)(C(F)(F)F)C(Nc2cccc3nc(C)ncc23)c2ccc(F)c(N=O)c21. The third-order valence-corrected chi connectivity index (χ3v) is 6.18. The first kappa shape index (κ1) is 22.1. The third-order valence-electron chi connectivity index (χ3n) is 6.18. The quantitative estimate of drug-likeness (QED) is 0.390. The van der Waals surface area contributed by atoms with Crippen LogP contribution < -0.4 is 11.1 Å². The molecule has 3 aromatic rings. The number of aromatic nitrogens is 2. The number of alkyl halides is 3. The van der Waals surface area contributed by atoms with Gasteiger partial charge >= 0.3 is 6.18 Å². The second kappa shape index (κ2) is 7.77. The van der Waals surface area contributed by atoms with Gasteiger partial charge in [0.2, 0.25) is 0 Å². The van der Waals surface area contributed by atoms with Crippen LogP contribution in [0.3, 0.4) is 0 Å². The maximum atomic E-state index is 14.4. The standard InChI is InChI=1S/C22H21F4N5O/c1-3-12-9-21(27,22(24,25)26)20(13-7-8-15(23)19(31-32)18(12)13)30-17-6-4-5-16-14(17)10-28-11(2)29-16/h4-8,10,12,20,30H,3,9,27H2,1-2H3/t12-,20?,21-/m1/s1. The molecule has 0 aliphatic heterocycles. The first-order chi connectivity index (χ1) is 15.1. The van der Waals surface area contributed by atoms with Gasteiger partial charge in [-0.15, -0.1) is 4.91 Å². The van der Waals surface area contributed by atoms with Crippen LogP contribution in [0.2, 0.25) is 0 Å². The summed E-state index contributed by atoms with van der Waals surface area (Å²) in [6.07, 6.45) is -3.55. The fourth-order valence-corrected chi connectivity index (χ4v) is 4.54. The van der Waals surface area contributed by atoms with Crippen LogP contribution in [0, 0.1) is 17.6 Å². The van der Waals surface area contributed by atoms with E-state index in [0.29, 0.717) is 22.4 Å². The molecule has 1 unspecified atom stereocenters. The largest absolute Gasteiger partial charge is 0.408 e. The zero-order valence-corrected chi connectivity index (χ0v) is 17.4. The predicted octanol–water partition coefficient (Wildman–Crippen LogP) is 5.79. The van der Waals surface area contributed by atoms with Crippen molar-refractivity contribution in [3.8, 4) is 0 Å². The molecular formula is C22H21F4N5O. The number of fused-ring (bicyclic) bond motifs is 2. The van der Waals surface area contributed by atoms with Crippen molar-refractivity contribution in [2.24, 2.45) is 10.9 Å². The fraction of sp³-hybridized carbons (Fsp3) is 0.364. The van der Waals surface area contributed by atoms with E-state index in [1.165, 1.54) is 12.3 Å². The molecule has 10 heteroatoms. The van der Waals surface area contributed by atoms with E-state index in [1.807, 2.05) is 0 Å². The monoisotopic (exact) mass is 447 g/mol. The van der Waals surface area contributed by atoms with Gasteiger partial charge in [0.1, 0.15) is 17.1 Å². The van der Waals surface area contributed by atoms with Gasteiger partial charge < -0.3 is 11.1 Å². The Bertz CT molecular complexity index is 1200. The Labute approximate surface area is 181 Å². The molecule has 1 heterocycles. The number of hydrogen-bond acceptors (Lipinski definition) is 6. The van der Waals surface area contributed by atoms with Crippen molar-refractivity contribution in [1.29, 1.82) is 0 Å². The Morgan fingerprint density at radius 3 is 2.69 bits per heavy atom. The number of anilines is 1. The molecule has 0 fully saturated rings. The minimum Gasteiger partial charge on any atom is -0.375 e. The number of nitrogens with two attached hydrogens (primary N) is 1. The van der Waals surface area contributed by atoms with E-state index in [-0.39, 0.29) is 17.5 Å². The Morgan fingerprint density at radius 1 is 1.28 bits per heavy atom. The normalized spacial score (nSPS) is 23.1. The molecular weight excluding hydrogens is 426 g/mol. The van der Waals surface area contributed by atoms with Crippen LogP contribution in [0.5, 0.6) is 0 Å². The summed E-state index contributed by atoms with van der Waals surface area (Å²) in [5, 5.41) is 6.23. The van der Waals surface area contributed by atoms with Gasteiger partial charge in [-0.25, -0.2) is 14.4 Å². The maximum absolute atomic E-state index is 14.4. The summed E-state index contributed by atoms with van der Waals surface area (Å²) < 4.78 is 57.4. The molecule has 0 amide bonds. The summed E-state index contributed by atoms with van der Waals surface area (Å²) in [5.74, 6) is -1.14. The molecule has 4 rings (SSSR count). The zero-order chi connectivity index (χ0) is 23.3. The molecule has 6 nitrogen and oxygen atoms in total. The van der Waals surface area contributed by atoms with Crippen LogP contribution in [0.1, 0.15) is 48.7 Å². The highest BCUT2D eigenvalue weighted by molar-refractivity contribution is 5.91. The molecule has 1 aliphatic rings. The van der Waals surface area contributed by atoms with Crippen LogP contribution in [-0.2, 0) is 0 Å². The Hall–Kier alpha value is -3.14. The summed E-state index contributed by atoms with van der Waals surface area (Å²) in [6.45, 7) is 3.38. The van der Waals surface area contributed by atoms with E-state index >= 15 is 0 Å². The highest BCUT2D eigenvalue weighted by Crippen LogP contribution is 2.54. The second-order valence-corrected chi connectivity index (χ2v) is 8.07. The van der Waals surface area contributed by atoms with Gasteiger partial charge in [0.25, 0.3) is 0 Å². The molecule has 168 valence electrons. The first-order valence-corrected chi connectivity index (χ1v) is 10.1. The number of rotatable bonds is 4. The second-order valence-electron chi connectivity index (χ2n) is 8.07. The van der Waals surface area contributed by atoms with Crippen LogP contribution >= 0.6 is 0 Å². The number of nitrogens with zero attached hydrogens (tertiary/aromatic N) is 3. The van der Waals surface area contributed by atoms with E-state index in [0.717, 1.165) is 6.07 Å². The van der Waals surface area contributed by atoms with Crippen LogP contribution in [0.15, 0.2) is 41.7 Å². The fourth-order valence-electron chi connectivity index (χ4n) is 4.54. The smallest absolute Gasteiger partial charge is 0.375 e. The minimum atomic E-state index is -4.78. The predicted molar refractivity (Wildman–Crippen MR) is 113 cm³/mol. The van der Waals surface area contributed by atoms with E-state index < -0.39 is 41.6 Å². The summed E-state index contributed by atoms with van der Waals surface area (Å²) in [5.41, 5.74) is 4.10. The lowest BCUT2D eigenvalue weighted by atomic mass is 9.67. The van der Waals surface area contributed by atoms with Crippen molar-refractivity contribution in [3.63, 3.8) is 0 Å². The molecule has 0 saturated heterocycles. The topological polar surface area (TPSA) is 93.3 Å². The summed E-state index contributed by atoms with van der Waals surface area (Å²) >= 11 is 0. The number of nitrogens with one attached hydrogen (secondary N) is 1. The van der Waals surface area contributed by atoms with Crippen LogP contribution in [0.25, 0.3) is 10.9 Å². The number of benzene rings is 2. The van der Waals surface area contributed by atoms with Crippen molar-refractivity contribution in [2.45, 2.75) is 50.4 Å². The lowest BCUT2D eigenvalue weighted by Gasteiger charge is -2.47. The minimum absolute atomic E-state index is 0.101. The Balaban J connectivity index is 1.95. The van der Waals surface area contributed by atoms with E-state index in [9.17, 15) is 22.5 Å². The molecule has 0 radical (unpaired) electrons. The summed E-state index contributed by atoms with van der Waals surface area (Å²) in [4.78, 5) is 19.9. The first-order valence-electron chi connectivity index (χ1n) is 10.1. The van der Waals surface area contributed by atoms with Gasteiger partial charge in [-0.05, 0) is 60.2 Å². The molecule has 1 aliphatic carbocycles. The highest BCUT2D eigenvalue weighted by Gasteiger charge is 2.61. The number of aryl methyl sites for hydroxylation is 1. The van der Waals surface area contributed by atoms with Gasteiger partial charge in [-0.2, -0.15) is 13.2 Å². The van der Waals surface area contributed by atoms with Crippen molar-refractivity contribution in [3.05, 3.63) is 64.2 Å². The van der Waals surface area contributed by atoms with Crippen LogP contribution in [0.4, 0.5) is 28.9 Å². The molecule has 32 heavy (non-hydrogen) atoms. The molecule has 1 aromatic heterocycles. The number of halogens is 4. The number of hydrogen-bond donors (Lipinski definition) is 2. The van der Waals surface area contributed by atoms with Crippen molar-refractivity contribution < 1.29 is 17.6 Å². The average molecular weight is 447 g/mol. The van der Waals surface area contributed by atoms with Gasteiger partial charge in [-0.3, -0.25) is 0 Å². The Kier molecular flexibility index (Phi) is 5.36. The molecule has 3 atom stereocenters. The van der Waals surface area contributed by atoms with Crippen molar-refractivity contribution in [1.82, 2.24) is 9.97 Å². The number of nitroso groups, excluding NO2 is 1. The summed E-state index contributed by atoms with van der Waals surface area (Å²) in [6, 6.07) is 5.69. The lowest BCUT2D eigenvalue weighted by Crippen LogP contribution is -2.62. The maximum Gasteiger partial charge on any atom is 0.408 e.